The van der Waals surface area contributed by atoms with E-state index < -0.39 is 10.0 Å². The van der Waals surface area contributed by atoms with Crippen molar-refractivity contribution in [3.05, 3.63) is 41.9 Å². The Bertz CT molecular complexity index is 905. The van der Waals surface area contributed by atoms with E-state index in [2.05, 4.69) is 11.1 Å². The number of nitrogens with zero attached hydrogens (tertiary/aromatic N) is 4. The standard InChI is InChI=1S/C17H18N4O3S/c18-12-15-17(24-16(19-15)13-6-7-13)20-8-10-21(11-9-20)25(22,23)14-4-2-1-3-5-14/h1-5,13H,6-11H2. The molecule has 0 bridgehead atoms. The summed E-state index contributed by atoms with van der Waals surface area (Å²) in [7, 11) is -3.49. The molecule has 1 saturated heterocycles. The molecule has 2 fully saturated rings. The Hall–Kier alpha value is -2.37. The second-order valence-electron chi connectivity index (χ2n) is 6.30. The Balaban J connectivity index is 1.50. The minimum Gasteiger partial charge on any atom is -0.423 e. The van der Waals surface area contributed by atoms with Crippen LogP contribution in [0.2, 0.25) is 0 Å². The summed E-state index contributed by atoms with van der Waals surface area (Å²) in [6.45, 7) is 1.64. The fourth-order valence-corrected chi connectivity index (χ4v) is 4.44. The van der Waals surface area contributed by atoms with Gasteiger partial charge in [0.05, 0.1) is 4.90 Å². The Morgan fingerprint density at radius 2 is 1.80 bits per heavy atom. The summed E-state index contributed by atoms with van der Waals surface area (Å²) in [5.41, 5.74) is 0.293. The third-order valence-corrected chi connectivity index (χ3v) is 6.48. The normalized spacial score (nSPS) is 18.9. The van der Waals surface area contributed by atoms with E-state index in [0.29, 0.717) is 54.5 Å². The van der Waals surface area contributed by atoms with Crippen molar-refractivity contribution in [1.29, 1.82) is 5.26 Å². The topological polar surface area (TPSA) is 90.4 Å². The van der Waals surface area contributed by atoms with Crippen LogP contribution in [0, 0.1) is 11.3 Å². The lowest BCUT2D eigenvalue weighted by atomic mass is 10.3. The first-order valence-electron chi connectivity index (χ1n) is 8.30. The van der Waals surface area contributed by atoms with Crippen molar-refractivity contribution in [2.45, 2.75) is 23.7 Å². The molecule has 1 aromatic heterocycles. The van der Waals surface area contributed by atoms with Gasteiger partial charge in [0.15, 0.2) is 0 Å². The third kappa shape index (κ3) is 3.01. The Kier molecular flexibility index (Phi) is 3.98. The number of piperazine rings is 1. The minimum absolute atomic E-state index is 0.293. The summed E-state index contributed by atoms with van der Waals surface area (Å²) < 4.78 is 32.6. The Morgan fingerprint density at radius 1 is 1.12 bits per heavy atom. The van der Waals surface area contributed by atoms with Crippen molar-refractivity contribution in [3.63, 3.8) is 0 Å². The van der Waals surface area contributed by atoms with Crippen LogP contribution in [0.5, 0.6) is 0 Å². The van der Waals surface area contributed by atoms with Gasteiger partial charge in [-0.15, -0.1) is 0 Å². The molecule has 1 saturated carbocycles. The lowest BCUT2D eigenvalue weighted by Gasteiger charge is -2.33. The van der Waals surface area contributed by atoms with Gasteiger partial charge in [0.1, 0.15) is 6.07 Å². The van der Waals surface area contributed by atoms with Gasteiger partial charge < -0.3 is 9.32 Å². The number of aromatic nitrogens is 1. The van der Waals surface area contributed by atoms with Gasteiger partial charge in [-0.1, -0.05) is 18.2 Å². The quantitative estimate of drug-likeness (QED) is 0.829. The number of anilines is 1. The molecule has 2 aromatic rings. The molecule has 2 heterocycles. The second kappa shape index (κ2) is 6.17. The molecule has 4 rings (SSSR count). The van der Waals surface area contributed by atoms with E-state index in [1.54, 1.807) is 30.3 Å². The molecule has 1 aliphatic carbocycles. The smallest absolute Gasteiger partial charge is 0.243 e. The highest BCUT2D eigenvalue weighted by Crippen LogP contribution is 2.41. The highest BCUT2D eigenvalue weighted by molar-refractivity contribution is 7.89. The molecule has 2 aliphatic rings. The van der Waals surface area contributed by atoms with Crippen LogP contribution in [0.15, 0.2) is 39.6 Å². The molecule has 7 nitrogen and oxygen atoms in total. The average Bonchev–Trinajstić information content (AvgIpc) is 3.41. The molecule has 0 radical (unpaired) electrons. The largest absolute Gasteiger partial charge is 0.423 e. The van der Waals surface area contributed by atoms with E-state index in [1.165, 1.54) is 4.31 Å². The van der Waals surface area contributed by atoms with E-state index in [4.69, 9.17) is 4.42 Å². The number of hydrogen-bond donors (Lipinski definition) is 0. The molecule has 0 amide bonds. The minimum atomic E-state index is -3.49. The second-order valence-corrected chi connectivity index (χ2v) is 8.23. The van der Waals surface area contributed by atoms with Gasteiger partial charge in [0.25, 0.3) is 0 Å². The molecule has 0 unspecified atom stereocenters. The van der Waals surface area contributed by atoms with Crippen LogP contribution in [-0.4, -0.2) is 43.9 Å². The summed E-state index contributed by atoms with van der Waals surface area (Å²) >= 11 is 0. The van der Waals surface area contributed by atoms with Gasteiger partial charge >= 0.3 is 0 Å². The van der Waals surface area contributed by atoms with Crippen molar-refractivity contribution < 1.29 is 12.8 Å². The molecular formula is C17H18N4O3S. The summed E-state index contributed by atoms with van der Waals surface area (Å²) in [6.07, 6.45) is 2.10. The molecule has 0 N–H and O–H groups in total. The maximum Gasteiger partial charge on any atom is 0.243 e. The fourth-order valence-electron chi connectivity index (χ4n) is 2.99. The number of benzene rings is 1. The van der Waals surface area contributed by atoms with Crippen LogP contribution in [0.3, 0.4) is 0 Å². The highest BCUT2D eigenvalue weighted by atomic mass is 32.2. The van der Waals surface area contributed by atoms with Crippen LogP contribution in [0.4, 0.5) is 5.88 Å². The van der Waals surface area contributed by atoms with Crippen molar-refractivity contribution in [2.75, 3.05) is 31.1 Å². The number of oxazole rings is 1. The van der Waals surface area contributed by atoms with Gasteiger partial charge in [-0.05, 0) is 25.0 Å². The number of hydrogen-bond acceptors (Lipinski definition) is 6. The van der Waals surface area contributed by atoms with Gasteiger partial charge in [0.2, 0.25) is 27.5 Å². The number of rotatable bonds is 4. The molecule has 0 atom stereocenters. The van der Waals surface area contributed by atoms with Crippen LogP contribution in [0.25, 0.3) is 0 Å². The van der Waals surface area contributed by atoms with Crippen molar-refractivity contribution in [1.82, 2.24) is 9.29 Å². The van der Waals surface area contributed by atoms with Crippen molar-refractivity contribution >= 4 is 15.9 Å². The fraction of sp³-hybridized carbons (Fsp3) is 0.412. The monoisotopic (exact) mass is 358 g/mol. The van der Waals surface area contributed by atoms with E-state index in [-0.39, 0.29) is 0 Å². The van der Waals surface area contributed by atoms with E-state index >= 15 is 0 Å². The van der Waals surface area contributed by atoms with Crippen molar-refractivity contribution in [3.8, 4) is 6.07 Å². The van der Waals surface area contributed by atoms with Crippen LogP contribution in [-0.2, 0) is 10.0 Å². The first-order chi connectivity index (χ1) is 12.1. The van der Waals surface area contributed by atoms with Crippen LogP contribution >= 0.6 is 0 Å². The number of sulfonamides is 1. The molecular weight excluding hydrogens is 340 g/mol. The maximum atomic E-state index is 12.7. The van der Waals surface area contributed by atoms with Gasteiger partial charge in [-0.3, -0.25) is 0 Å². The summed E-state index contributed by atoms with van der Waals surface area (Å²) in [5, 5.41) is 9.29. The van der Waals surface area contributed by atoms with E-state index in [0.717, 1.165) is 12.8 Å². The molecule has 1 aliphatic heterocycles. The Morgan fingerprint density at radius 3 is 2.40 bits per heavy atom. The summed E-state index contributed by atoms with van der Waals surface area (Å²) in [4.78, 5) is 6.49. The van der Waals surface area contributed by atoms with Crippen LogP contribution in [0.1, 0.15) is 30.3 Å². The predicted molar refractivity (Wildman–Crippen MR) is 90.6 cm³/mol. The first-order valence-corrected chi connectivity index (χ1v) is 9.74. The zero-order valence-corrected chi connectivity index (χ0v) is 14.4. The third-order valence-electron chi connectivity index (χ3n) is 4.57. The van der Waals surface area contributed by atoms with Gasteiger partial charge in [-0.25, -0.2) is 13.4 Å². The average molecular weight is 358 g/mol. The lowest BCUT2D eigenvalue weighted by Crippen LogP contribution is -2.48. The van der Waals surface area contributed by atoms with E-state index in [9.17, 15) is 13.7 Å². The molecule has 130 valence electrons. The van der Waals surface area contributed by atoms with Gasteiger partial charge in [0, 0.05) is 32.1 Å². The highest BCUT2D eigenvalue weighted by Gasteiger charge is 2.34. The summed E-state index contributed by atoms with van der Waals surface area (Å²) in [6, 6.07) is 10.5. The van der Waals surface area contributed by atoms with Gasteiger partial charge in [-0.2, -0.15) is 9.57 Å². The van der Waals surface area contributed by atoms with Crippen molar-refractivity contribution in [2.24, 2.45) is 0 Å². The Labute approximate surface area is 146 Å². The first kappa shape index (κ1) is 16.1. The molecule has 0 spiro atoms. The molecule has 1 aromatic carbocycles. The molecule has 25 heavy (non-hydrogen) atoms. The number of nitriles is 1. The molecule has 8 heteroatoms. The van der Waals surface area contributed by atoms with E-state index in [1.807, 2.05) is 4.90 Å². The zero-order chi connectivity index (χ0) is 17.4. The lowest BCUT2D eigenvalue weighted by molar-refractivity contribution is 0.370. The summed E-state index contributed by atoms with van der Waals surface area (Å²) in [5.74, 6) is 1.44. The predicted octanol–water partition coefficient (Wildman–Crippen LogP) is 1.93. The maximum absolute atomic E-state index is 12.7. The van der Waals surface area contributed by atoms with Crippen LogP contribution < -0.4 is 4.90 Å². The zero-order valence-electron chi connectivity index (χ0n) is 13.6. The SMILES string of the molecule is N#Cc1nc(C2CC2)oc1N1CCN(S(=O)(=O)c2ccccc2)CC1.